The molecule has 0 spiro atoms. The van der Waals surface area contributed by atoms with E-state index in [0.29, 0.717) is 35.8 Å². The third-order valence-corrected chi connectivity index (χ3v) is 4.22. The lowest BCUT2D eigenvalue weighted by atomic mass is 10.2. The Morgan fingerprint density at radius 2 is 2.04 bits per heavy atom. The van der Waals surface area contributed by atoms with Crippen LogP contribution in [-0.2, 0) is 23.0 Å². The van der Waals surface area contributed by atoms with E-state index in [1.54, 1.807) is 23.0 Å². The number of nitrogens with zero attached hydrogens (tertiary/aromatic N) is 4. The Bertz CT molecular complexity index is 861. The first-order valence-electron chi connectivity index (χ1n) is 7.63. The second-order valence-electron chi connectivity index (χ2n) is 5.26. The maximum absolute atomic E-state index is 10.8. The molecule has 1 aromatic heterocycles. The van der Waals surface area contributed by atoms with Gasteiger partial charge in [-0.25, -0.2) is 4.68 Å². The number of phenols is 1. The third kappa shape index (κ3) is 5.26. The maximum atomic E-state index is 10.8. The Kier molecular flexibility index (Phi) is 6.10. The lowest BCUT2D eigenvalue weighted by molar-refractivity contribution is 0.373. The molecule has 1 aromatic carbocycles. The molecule has 0 amide bonds. The van der Waals surface area contributed by atoms with Crippen molar-refractivity contribution in [1.82, 2.24) is 14.9 Å². The van der Waals surface area contributed by atoms with Crippen molar-refractivity contribution >= 4 is 16.3 Å². The van der Waals surface area contributed by atoms with Crippen LogP contribution in [0.5, 0.6) is 11.5 Å². The Morgan fingerprint density at radius 1 is 1.32 bits per heavy atom. The van der Waals surface area contributed by atoms with Gasteiger partial charge in [0.1, 0.15) is 0 Å². The average molecular weight is 368 g/mol. The van der Waals surface area contributed by atoms with Crippen LogP contribution in [-0.4, -0.2) is 52.0 Å². The minimum absolute atomic E-state index is 0.0316. The van der Waals surface area contributed by atoms with Crippen LogP contribution in [0.15, 0.2) is 23.3 Å². The van der Waals surface area contributed by atoms with Crippen LogP contribution in [0.3, 0.4) is 0 Å². The van der Waals surface area contributed by atoms with Gasteiger partial charge in [-0.15, -0.1) is 10.2 Å². The molecule has 2 aromatic rings. The average Bonchev–Trinajstić information content (AvgIpc) is 2.95. The number of aromatic nitrogens is 3. The summed E-state index contributed by atoms with van der Waals surface area (Å²) >= 11 is 0. The van der Waals surface area contributed by atoms with E-state index in [0.717, 1.165) is 0 Å². The molecule has 0 saturated carbocycles. The Balaban J connectivity index is 2.21. The fourth-order valence-electron chi connectivity index (χ4n) is 2.17. The van der Waals surface area contributed by atoms with E-state index in [4.69, 9.17) is 9.29 Å². The summed E-state index contributed by atoms with van der Waals surface area (Å²) < 4.78 is 37.0. The summed E-state index contributed by atoms with van der Waals surface area (Å²) in [5.74, 6) is 1.15. The highest BCUT2D eigenvalue weighted by Crippen LogP contribution is 2.25. The molecule has 0 saturated heterocycles. The highest BCUT2D eigenvalue weighted by Gasteiger charge is 2.12. The zero-order chi connectivity index (χ0) is 18.4. The highest BCUT2D eigenvalue weighted by molar-refractivity contribution is 7.85. The van der Waals surface area contributed by atoms with Crippen LogP contribution in [0.25, 0.3) is 0 Å². The number of aryl methyl sites for hydroxylation is 2. The zero-order valence-corrected chi connectivity index (χ0v) is 14.8. The van der Waals surface area contributed by atoms with E-state index in [9.17, 15) is 13.5 Å². The molecule has 2 N–H and O–H groups in total. The maximum Gasteiger partial charge on any atom is 0.264 e. The van der Waals surface area contributed by atoms with Gasteiger partial charge < -0.3 is 9.84 Å². The monoisotopic (exact) mass is 368 g/mol. The first-order chi connectivity index (χ1) is 11.8. The summed E-state index contributed by atoms with van der Waals surface area (Å²) in [4.78, 5) is 0. The van der Waals surface area contributed by atoms with Crippen molar-refractivity contribution < 1.29 is 22.8 Å². The quantitative estimate of drug-likeness (QED) is 0.530. The molecule has 0 aliphatic carbocycles. The normalized spacial score (nSPS) is 12.0. The van der Waals surface area contributed by atoms with E-state index >= 15 is 0 Å². The molecule has 1 heterocycles. The van der Waals surface area contributed by atoms with Crippen molar-refractivity contribution in [1.29, 1.82) is 0 Å². The van der Waals surface area contributed by atoms with Crippen LogP contribution in [0, 0.1) is 0 Å². The Morgan fingerprint density at radius 3 is 2.68 bits per heavy atom. The molecule has 9 nitrogen and oxygen atoms in total. The van der Waals surface area contributed by atoms with Gasteiger partial charge in [0, 0.05) is 12.8 Å². The smallest absolute Gasteiger partial charge is 0.264 e. The topological polar surface area (TPSA) is 127 Å². The Labute approximate surface area is 145 Å². The van der Waals surface area contributed by atoms with Crippen molar-refractivity contribution in [3.8, 4) is 11.5 Å². The van der Waals surface area contributed by atoms with Crippen LogP contribution in [0.4, 0.5) is 0 Å². The highest BCUT2D eigenvalue weighted by atomic mass is 32.2. The molecule has 0 aliphatic heterocycles. The van der Waals surface area contributed by atoms with Gasteiger partial charge in [-0.3, -0.25) is 4.55 Å². The largest absolute Gasteiger partial charge is 0.504 e. The van der Waals surface area contributed by atoms with Crippen molar-refractivity contribution in [3.05, 3.63) is 35.4 Å². The van der Waals surface area contributed by atoms with E-state index in [1.165, 1.54) is 13.2 Å². The number of hydrogen-bond donors (Lipinski definition) is 2. The molecule has 0 radical (unpaired) electrons. The van der Waals surface area contributed by atoms with E-state index in [-0.39, 0.29) is 17.9 Å². The summed E-state index contributed by atoms with van der Waals surface area (Å²) in [6.45, 7) is 1.90. The molecule has 0 unspecified atom stereocenters. The lowest BCUT2D eigenvalue weighted by Crippen LogP contribution is -2.08. The van der Waals surface area contributed by atoms with Crippen LogP contribution in [0.2, 0.25) is 0 Å². The second kappa shape index (κ2) is 8.08. The predicted molar refractivity (Wildman–Crippen MR) is 91.8 cm³/mol. The standard InChI is InChI=1S/C15H20N4O5S/c1-3-14-17-18-15(5-4-8-25(21,22)23)19(14)16-10-11-6-7-12(20)13(9-11)24-2/h6-7,9-10,20H,3-5,8H2,1-2H3,(H,21,22,23)/b16-10+. The summed E-state index contributed by atoms with van der Waals surface area (Å²) in [6.07, 6.45) is 2.69. The first kappa shape index (κ1) is 18.9. The fraction of sp³-hybridized carbons (Fsp3) is 0.400. The molecule has 10 heteroatoms. The van der Waals surface area contributed by atoms with Crippen LogP contribution in [0.1, 0.15) is 30.6 Å². The summed E-state index contributed by atoms with van der Waals surface area (Å²) in [5.41, 5.74) is 0.703. The number of ether oxygens (including phenoxy) is 1. The zero-order valence-electron chi connectivity index (χ0n) is 14.0. The minimum Gasteiger partial charge on any atom is -0.504 e. The van der Waals surface area contributed by atoms with Gasteiger partial charge in [-0.05, 0) is 30.2 Å². The van der Waals surface area contributed by atoms with Gasteiger partial charge in [0.05, 0.1) is 19.1 Å². The third-order valence-electron chi connectivity index (χ3n) is 3.41. The van der Waals surface area contributed by atoms with Crippen LogP contribution < -0.4 is 4.74 Å². The number of methoxy groups -OCH3 is 1. The van der Waals surface area contributed by atoms with Crippen molar-refractivity contribution in [3.63, 3.8) is 0 Å². The SMILES string of the molecule is CCc1nnc(CCCS(=O)(=O)O)n1/N=C/c1ccc(O)c(OC)c1. The Hall–Kier alpha value is -2.46. The molecule has 0 bridgehead atoms. The summed E-state index contributed by atoms with van der Waals surface area (Å²) in [7, 11) is -2.55. The first-order valence-corrected chi connectivity index (χ1v) is 9.24. The van der Waals surface area contributed by atoms with E-state index in [2.05, 4.69) is 15.3 Å². The van der Waals surface area contributed by atoms with Gasteiger partial charge in [0.15, 0.2) is 23.1 Å². The minimum atomic E-state index is -4.01. The van der Waals surface area contributed by atoms with Gasteiger partial charge in [0.25, 0.3) is 10.1 Å². The number of benzene rings is 1. The van der Waals surface area contributed by atoms with Crippen molar-refractivity contribution in [2.75, 3.05) is 12.9 Å². The number of rotatable bonds is 8. The number of aromatic hydroxyl groups is 1. The summed E-state index contributed by atoms with van der Waals surface area (Å²) in [5, 5.41) is 22.0. The molecule has 0 atom stereocenters. The fourth-order valence-corrected chi connectivity index (χ4v) is 2.68. The molecular weight excluding hydrogens is 348 g/mol. The number of phenolic OH excluding ortho intramolecular Hbond substituents is 1. The molecular formula is C15H20N4O5S. The molecule has 25 heavy (non-hydrogen) atoms. The number of hydrogen-bond acceptors (Lipinski definition) is 7. The molecule has 2 rings (SSSR count). The van der Waals surface area contributed by atoms with Crippen molar-refractivity contribution in [2.24, 2.45) is 5.10 Å². The summed E-state index contributed by atoms with van der Waals surface area (Å²) in [6, 6.07) is 4.81. The van der Waals surface area contributed by atoms with Crippen LogP contribution >= 0.6 is 0 Å². The second-order valence-corrected chi connectivity index (χ2v) is 6.84. The van der Waals surface area contributed by atoms with Gasteiger partial charge in [-0.1, -0.05) is 6.92 Å². The van der Waals surface area contributed by atoms with E-state index < -0.39 is 10.1 Å². The van der Waals surface area contributed by atoms with E-state index in [1.807, 2.05) is 6.92 Å². The van der Waals surface area contributed by atoms with Gasteiger partial charge in [0.2, 0.25) is 0 Å². The molecule has 0 fully saturated rings. The predicted octanol–water partition coefficient (Wildman–Crippen LogP) is 1.26. The van der Waals surface area contributed by atoms with Gasteiger partial charge in [-0.2, -0.15) is 13.5 Å². The van der Waals surface area contributed by atoms with Crippen molar-refractivity contribution in [2.45, 2.75) is 26.2 Å². The molecule has 0 aliphatic rings. The van der Waals surface area contributed by atoms with Gasteiger partial charge >= 0.3 is 0 Å². The lowest BCUT2D eigenvalue weighted by Gasteiger charge is -2.05. The molecule has 136 valence electrons.